The molecular weight excluding hydrogens is 366 g/mol. The Morgan fingerprint density at radius 3 is 2.11 bits per heavy atom. The summed E-state index contributed by atoms with van der Waals surface area (Å²) < 4.78 is 22.3. The molecule has 1 saturated carbocycles. The molecule has 1 N–H and O–H groups in total. The number of methoxy groups -OCH3 is 2. The summed E-state index contributed by atoms with van der Waals surface area (Å²) >= 11 is 0. The summed E-state index contributed by atoms with van der Waals surface area (Å²) in [5.41, 5.74) is -1.17. The minimum atomic E-state index is -1.73. The number of aldehydes is 1. The summed E-state index contributed by atoms with van der Waals surface area (Å²) in [4.78, 5) is 26.5. The third kappa shape index (κ3) is 4.06. The van der Waals surface area contributed by atoms with Gasteiger partial charge in [0.1, 0.15) is 11.9 Å². The van der Waals surface area contributed by atoms with Crippen LogP contribution < -0.4 is 0 Å². The molecule has 2 rings (SSSR count). The van der Waals surface area contributed by atoms with Gasteiger partial charge in [-0.05, 0) is 53.4 Å². The number of hydrogen-bond donors (Lipinski definition) is 1. The van der Waals surface area contributed by atoms with Crippen LogP contribution in [0.25, 0.3) is 0 Å². The van der Waals surface area contributed by atoms with Crippen LogP contribution >= 0.6 is 0 Å². The molecule has 162 valence electrons. The monoisotopic (exact) mass is 401 g/mol. The van der Waals surface area contributed by atoms with Crippen LogP contribution in [-0.2, 0) is 23.7 Å². The first-order chi connectivity index (χ1) is 12.8. The van der Waals surface area contributed by atoms with Gasteiger partial charge in [-0.1, -0.05) is 6.92 Å². The number of amides is 1. The third-order valence-corrected chi connectivity index (χ3v) is 6.20. The Bertz CT molecular complexity index is 596. The summed E-state index contributed by atoms with van der Waals surface area (Å²) in [7, 11) is 2.76. The molecule has 8 heteroatoms. The summed E-state index contributed by atoms with van der Waals surface area (Å²) in [6, 6.07) is 0. The SMILES string of the molecule is CO[C@@](C)(O[C@@H]1CN(C(=O)OC(C)(C)C)C2(CC2)[C@H](C=O)[C@H]1C)[C@](C)(O)OC. The number of carbonyl (C=O) groups excluding carboxylic acids is 2. The second-order valence-corrected chi connectivity index (χ2v) is 9.21. The first kappa shape index (κ1) is 23.1. The molecule has 0 bridgehead atoms. The Kier molecular flexibility index (Phi) is 6.22. The fraction of sp³-hybridized carbons (Fsp3) is 0.900. The van der Waals surface area contributed by atoms with Crippen molar-refractivity contribution < 1.29 is 33.6 Å². The van der Waals surface area contributed by atoms with Gasteiger partial charge < -0.3 is 28.8 Å². The van der Waals surface area contributed by atoms with Crippen LogP contribution in [0.5, 0.6) is 0 Å². The van der Waals surface area contributed by atoms with E-state index in [4.69, 9.17) is 18.9 Å². The molecule has 0 unspecified atom stereocenters. The Morgan fingerprint density at radius 2 is 1.71 bits per heavy atom. The lowest BCUT2D eigenvalue weighted by Crippen LogP contribution is -2.64. The Balaban J connectivity index is 2.33. The van der Waals surface area contributed by atoms with Gasteiger partial charge in [-0.2, -0.15) is 0 Å². The zero-order valence-corrected chi connectivity index (χ0v) is 18.3. The zero-order valence-electron chi connectivity index (χ0n) is 18.3. The fourth-order valence-electron chi connectivity index (χ4n) is 3.95. The number of nitrogens with zero attached hydrogens (tertiary/aromatic N) is 1. The average Bonchev–Trinajstić information content (AvgIpc) is 3.36. The van der Waals surface area contributed by atoms with E-state index in [-0.39, 0.29) is 12.5 Å². The second kappa shape index (κ2) is 7.55. The molecule has 1 saturated heterocycles. The van der Waals surface area contributed by atoms with Crippen LogP contribution in [0.1, 0.15) is 54.4 Å². The number of likely N-dealkylation sites (tertiary alicyclic amines) is 1. The molecule has 1 amide bonds. The van der Waals surface area contributed by atoms with Gasteiger partial charge >= 0.3 is 6.09 Å². The molecule has 1 aliphatic carbocycles. The minimum Gasteiger partial charge on any atom is -0.444 e. The van der Waals surface area contributed by atoms with Crippen molar-refractivity contribution in [2.24, 2.45) is 11.8 Å². The summed E-state index contributed by atoms with van der Waals surface area (Å²) in [5.74, 6) is -3.81. The van der Waals surface area contributed by atoms with Crippen LogP contribution in [0.2, 0.25) is 0 Å². The first-order valence-corrected chi connectivity index (χ1v) is 9.73. The lowest BCUT2D eigenvalue weighted by atomic mass is 9.77. The van der Waals surface area contributed by atoms with E-state index >= 15 is 0 Å². The quantitative estimate of drug-likeness (QED) is 0.539. The highest BCUT2D eigenvalue weighted by Gasteiger charge is 2.63. The fourth-order valence-corrected chi connectivity index (χ4v) is 3.95. The van der Waals surface area contributed by atoms with E-state index in [1.807, 2.05) is 6.92 Å². The summed E-state index contributed by atoms with van der Waals surface area (Å²) in [5, 5.41) is 10.6. The Hall–Kier alpha value is -1.22. The predicted octanol–water partition coefficient (Wildman–Crippen LogP) is 2.32. The largest absolute Gasteiger partial charge is 0.444 e. The number of piperidine rings is 1. The van der Waals surface area contributed by atoms with Crippen molar-refractivity contribution in [2.45, 2.75) is 83.2 Å². The molecule has 0 aromatic heterocycles. The van der Waals surface area contributed by atoms with Gasteiger partial charge in [-0.15, -0.1) is 0 Å². The maximum atomic E-state index is 12.9. The first-order valence-electron chi connectivity index (χ1n) is 9.73. The van der Waals surface area contributed by atoms with Gasteiger partial charge in [-0.3, -0.25) is 4.90 Å². The molecule has 1 heterocycles. The van der Waals surface area contributed by atoms with Gasteiger partial charge in [-0.25, -0.2) is 4.79 Å². The predicted molar refractivity (Wildman–Crippen MR) is 102 cm³/mol. The highest BCUT2D eigenvalue weighted by molar-refractivity contribution is 5.72. The van der Waals surface area contributed by atoms with E-state index in [9.17, 15) is 14.7 Å². The molecule has 8 nitrogen and oxygen atoms in total. The van der Waals surface area contributed by atoms with E-state index in [0.717, 1.165) is 19.1 Å². The smallest absolute Gasteiger partial charge is 0.410 e. The molecule has 1 aliphatic heterocycles. The van der Waals surface area contributed by atoms with E-state index in [1.165, 1.54) is 21.1 Å². The second-order valence-electron chi connectivity index (χ2n) is 9.21. The van der Waals surface area contributed by atoms with Crippen molar-refractivity contribution in [2.75, 3.05) is 20.8 Å². The molecule has 0 radical (unpaired) electrons. The van der Waals surface area contributed by atoms with Gasteiger partial charge in [0.25, 0.3) is 0 Å². The molecule has 1 spiro atoms. The minimum absolute atomic E-state index is 0.180. The highest BCUT2D eigenvalue weighted by atomic mass is 16.8. The third-order valence-electron chi connectivity index (χ3n) is 6.20. The number of rotatable bonds is 6. The normalized spacial score (nSPS) is 31.0. The maximum Gasteiger partial charge on any atom is 0.410 e. The van der Waals surface area contributed by atoms with Crippen LogP contribution in [0.15, 0.2) is 0 Å². The van der Waals surface area contributed by atoms with Crippen LogP contribution in [0.4, 0.5) is 4.79 Å². The van der Waals surface area contributed by atoms with E-state index in [2.05, 4.69) is 0 Å². The van der Waals surface area contributed by atoms with Gasteiger partial charge in [0, 0.05) is 20.1 Å². The zero-order chi connectivity index (χ0) is 21.5. The Labute approximate surface area is 167 Å². The van der Waals surface area contributed by atoms with E-state index in [0.29, 0.717) is 0 Å². The van der Waals surface area contributed by atoms with Crippen molar-refractivity contribution in [3.63, 3.8) is 0 Å². The van der Waals surface area contributed by atoms with Crippen LogP contribution in [0, 0.1) is 11.8 Å². The molecule has 5 atom stereocenters. The van der Waals surface area contributed by atoms with E-state index < -0.39 is 40.8 Å². The molecular formula is C20H35NO7. The maximum absolute atomic E-state index is 12.9. The highest BCUT2D eigenvalue weighted by Crippen LogP contribution is 2.54. The van der Waals surface area contributed by atoms with Crippen molar-refractivity contribution in [1.29, 1.82) is 0 Å². The van der Waals surface area contributed by atoms with Crippen LogP contribution in [0.3, 0.4) is 0 Å². The average molecular weight is 402 g/mol. The molecule has 2 aliphatic rings. The molecule has 0 aromatic rings. The molecule has 2 fully saturated rings. The number of ether oxygens (including phenoxy) is 4. The molecule has 28 heavy (non-hydrogen) atoms. The van der Waals surface area contributed by atoms with Crippen molar-refractivity contribution in [3.05, 3.63) is 0 Å². The van der Waals surface area contributed by atoms with Gasteiger partial charge in [0.05, 0.1) is 18.2 Å². The van der Waals surface area contributed by atoms with Crippen molar-refractivity contribution in [3.8, 4) is 0 Å². The summed E-state index contributed by atoms with van der Waals surface area (Å²) in [6.07, 6.45) is 1.40. The standard InChI is InChI=1S/C20H35NO7/c1-13-14(12-22)20(9-10-20)21(16(23)28-17(2,3)4)11-15(13)27-19(6,26-8)18(5,24)25-7/h12-15,24H,9-11H2,1-8H3/t13-,14-,15-,18-,19+/m1/s1. The lowest BCUT2D eigenvalue weighted by molar-refractivity contribution is -0.388. The lowest BCUT2D eigenvalue weighted by Gasteiger charge is -2.50. The Morgan fingerprint density at radius 1 is 1.14 bits per heavy atom. The number of carbonyl (C=O) groups is 2. The topological polar surface area (TPSA) is 94.5 Å². The van der Waals surface area contributed by atoms with Crippen LogP contribution in [-0.4, -0.2) is 72.0 Å². The van der Waals surface area contributed by atoms with Gasteiger partial charge in [0.15, 0.2) is 0 Å². The van der Waals surface area contributed by atoms with Crippen molar-refractivity contribution >= 4 is 12.4 Å². The number of aliphatic hydroxyl groups is 1. The number of hydrogen-bond acceptors (Lipinski definition) is 7. The van der Waals surface area contributed by atoms with Crippen molar-refractivity contribution in [1.82, 2.24) is 4.90 Å². The van der Waals surface area contributed by atoms with Gasteiger partial charge in [0.2, 0.25) is 11.6 Å². The van der Waals surface area contributed by atoms with E-state index in [1.54, 1.807) is 32.6 Å². The summed E-state index contributed by atoms with van der Waals surface area (Å²) in [6.45, 7) is 10.6. The molecule has 0 aromatic carbocycles.